The Kier molecular flexibility index (Phi) is 5.45. The van der Waals surface area contributed by atoms with Crippen LogP contribution >= 0.6 is 11.8 Å². The van der Waals surface area contributed by atoms with E-state index in [-0.39, 0.29) is 24.5 Å². The Morgan fingerprint density at radius 2 is 2.25 bits per heavy atom. The van der Waals surface area contributed by atoms with Crippen molar-refractivity contribution in [2.45, 2.75) is 30.2 Å². The number of aliphatic hydroxyl groups is 1. The zero-order valence-electron chi connectivity index (χ0n) is 11.2. The van der Waals surface area contributed by atoms with Crippen molar-refractivity contribution < 1.29 is 9.90 Å². The fourth-order valence-electron chi connectivity index (χ4n) is 2.58. The van der Waals surface area contributed by atoms with Crippen LogP contribution in [0.4, 0.5) is 0 Å². The molecule has 20 heavy (non-hydrogen) atoms. The van der Waals surface area contributed by atoms with Crippen LogP contribution < -0.4 is 5.32 Å². The Hall–Kier alpha value is -1.51. The molecule has 2 atom stereocenters. The van der Waals surface area contributed by atoms with E-state index in [0.29, 0.717) is 11.3 Å². The Labute approximate surface area is 123 Å². The minimum atomic E-state index is -0.114. The standard InChI is InChI=1S/C15H18N2O2S/c16-8-9-20-14-7-2-1-5-12(14)15(19)17-13-6-3-4-11(13)10-18/h1-2,5,7,11,13,18H,3-4,6,9-10H2,(H,17,19). The lowest BCUT2D eigenvalue weighted by Gasteiger charge is -2.19. The first-order valence-corrected chi connectivity index (χ1v) is 7.75. The van der Waals surface area contributed by atoms with Gasteiger partial charge < -0.3 is 10.4 Å². The summed E-state index contributed by atoms with van der Waals surface area (Å²) in [6, 6.07) is 9.45. The average Bonchev–Trinajstić information content (AvgIpc) is 2.92. The highest BCUT2D eigenvalue weighted by Gasteiger charge is 2.28. The Morgan fingerprint density at radius 1 is 1.45 bits per heavy atom. The van der Waals surface area contributed by atoms with Gasteiger partial charge >= 0.3 is 0 Å². The zero-order valence-corrected chi connectivity index (χ0v) is 12.0. The number of hydrogen-bond acceptors (Lipinski definition) is 4. The molecule has 5 heteroatoms. The largest absolute Gasteiger partial charge is 0.396 e. The van der Waals surface area contributed by atoms with Crippen molar-refractivity contribution in [3.8, 4) is 6.07 Å². The molecule has 1 fully saturated rings. The molecule has 1 aromatic rings. The van der Waals surface area contributed by atoms with Gasteiger partial charge in [0, 0.05) is 23.5 Å². The van der Waals surface area contributed by atoms with Crippen LogP contribution in [0, 0.1) is 17.2 Å². The van der Waals surface area contributed by atoms with Crippen molar-refractivity contribution in [1.29, 1.82) is 5.26 Å². The van der Waals surface area contributed by atoms with Gasteiger partial charge in [0.1, 0.15) is 0 Å². The molecule has 1 aromatic carbocycles. The molecule has 0 radical (unpaired) electrons. The lowest BCUT2D eigenvalue weighted by atomic mass is 10.0. The van der Waals surface area contributed by atoms with E-state index in [9.17, 15) is 9.90 Å². The number of carbonyl (C=O) groups is 1. The summed E-state index contributed by atoms with van der Waals surface area (Å²) in [4.78, 5) is 13.2. The summed E-state index contributed by atoms with van der Waals surface area (Å²) in [6.45, 7) is 0.121. The zero-order chi connectivity index (χ0) is 14.4. The van der Waals surface area contributed by atoms with Crippen molar-refractivity contribution in [2.75, 3.05) is 12.4 Å². The molecule has 0 aliphatic heterocycles. The van der Waals surface area contributed by atoms with Gasteiger partial charge in [-0.15, -0.1) is 11.8 Å². The summed E-state index contributed by atoms with van der Waals surface area (Å²) in [5.41, 5.74) is 0.608. The quantitative estimate of drug-likeness (QED) is 0.815. The van der Waals surface area contributed by atoms with Crippen LogP contribution in [0.3, 0.4) is 0 Å². The van der Waals surface area contributed by atoms with E-state index in [1.54, 1.807) is 6.07 Å². The predicted octanol–water partition coefficient (Wildman–Crippen LogP) is 2.19. The SMILES string of the molecule is N#CCSc1ccccc1C(=O)NC1CCCC1CO. The van der Waals surface area contributed by atoms with Crippen LogP contribution in [0.1, 0.15) is 29.6 Å². The minimum absolute atomic E-state index is 0.0570. The molecule has 0 heterocycles. The average molecular weight is 290 g/mol. The number of nitrogens with one attached hydrogen (secondary N) is 1. The topological polar surface area (TPSA) is 73.1 Å². The summed E-state index contributed by atoms with van der Waals surface area (Å²) in [6.07, 6.45) is 2.93. The van der Waals surface area contributed by atoms with Crippen molar-refractivity contribution >= 4 is 17.7 Å². The van der Waals surface area contributed by atoms with E-state index in [4.69, 9.17) is 5.26 Å². The van der Waals surface area contributed by atoms with Crippen molar-refractivity contribution in [1.82, 2.24) is 5.32 Å². The van der Waals surface area contributed by atoms with Crippen LogP contribution in [-0.4, -0.2) is 29.4 Å². The smallest absolute Gasteiger partial charge is 0.252 e. The van der Waals surface area contributed by atoms with E-state index in [0.717, 1.165) is 24.2 Å². The van der Waals surface area contributed by atoms with Crippen LogP contribution in [0.15, 0.2) is 29.2 Å². The fraction of sp³-hybridized carbons (Fsp3) is 0.467. The molecule has 1 saturated carbocycles. The molecule has 2 rings (SSSR count). The van der Waals surface area contributed by atoms with Gasteiger partial charge in [0.2, 0.25) is 0 Å². The number of hydrogen-bond donors (Lipinski definition) is 2. The van der Waals surface area contributed by atoms with E-state index >= 15 is 0 Å². The lowest BCUT2D eigenvalue weighted by Crippen LogP contribution is -2.38. The Bertz CT molecular complexity index is 513. The third-order valence-corrected chi connectivity index (χ3v) is 4.57. The van der Waals surface area contributed by atoms with E-state index < -0.39 is 0 Å². The molecule has 0 aromatic heterocycles. The van der Waals surface area contributed by atoms with Crippen molar-refractivity contribution in [2.24, 2.45) is 5.92 Å². The minimum Gasteiger partial charge on any atom is -0.396 e. The second-order valence-corrected chi connectivity index (χ2v) is 5.91. The third kappa shape index (κ3) is 3.53. The normalized spacial score (nSPS) is 21.4. The summed E-state index contributed by atoms with van der Waals surface area (Å²) in [5, 5.41) is 21.0. The highest BCUT2D eigenvalue weighted by molar-refractivity contribution is 7.99. The highest BCUT2D eigenvalue weighted by atomic mass is 32.2. The molecule has 0 spiro atoms. The number of benzene rings is 1. The lowest BCUT2D eigenvalue weighted by molar-refractivity contribution is 0.0913. The van der Waals surface area contributed by atoms with Crippen molar-refractivity contribution in [3.05, 3.63) is 29.8 Å². The maximum atomic E-state index is 12.4. The first kappa shape index (κ1) is 14.9. The van der Waals surface area contributed by atoms with E-state index in [1.165, 1.54) is 11.8 Å². The van der Waals surface area contributed by atoms with E-state index in [1.807, 2.05) is 18.2 Å². The molecular formula is C15H18N2O2S. The second kappa shape index (κ2) is 7.32. The first-order valence-electron chi connectivity index (χ1n) is 6.76. The van der Waals surface area contributed by atoms with Crippen LogP contribution in [0.5, 0.6) is 0 Å². The number of amides is 1. The van der Waals surface area contributed by atoms with Crippen LogP contribution in [-0.2, 0) is 0 Å². The molecule has 1 aliphatic rings. The van der Waals surface area contributed by atoms with Gasteiger partial charge in [0.15, 0.2) is 0 Å². The van der Waals surface area contributed by atoms with Crippen LogP contribution in [0.2, 0.25) is 0 Å². The third-order valence-electron chi connectivity index (χ3n) is 3.63. The molecule has 0 bridgehead atoms. The van der Waals surface area contributed by atoms with Crippen molar-refractivity contribution in [3.63, 3.8) is 0 Å². The Morgan fingerprint density at radius 3 is 3.00 bits per heavy atom. The Balaban J connectivity index is 2.07. The maximum absolute atomic E-state index is 12.4. The van der Waals surface area contributed by atoms with E-state index in [2.05, 4.69) is 11.4 Å². The highest BCUT2D eigenvalue weighted by Crippen LogP contribution is 2.27. The van der Waals surface area contributed by atoms with Gasteiger partial charge in [-0.2, -0.15) is 5.26 Å². The van der Waals surface area contributed by atoms with Gasteiger partial charge in [-0.3, -0.25) is 4.79 Å². The molecule has 1 aliphatic carbocycles. The predicted molar refractivity (Wildman–Crippen MR) is 78.5 cm³/mol. The molecule has 1 amide bonds. The van der Waals surface area contributed by atoms with Gasteiger partial charge in [0.25, 0.3) is 5.91 Å². The molecule has 0 saturated heterocycles. The molecule has 2 unspecified atom stereocenters. The summed E-state index contributed by atoms with van der Waals surface area (Å²) in [5.74, 6) is 0.377. The maximum Gasteiger partial charge on any atom is 0.252 e. The molecule has 2 N–H and O–H groups in total. The van der Waals surface area contributed by atoms with Crippen LogP contribution in [0.25, 0.3) is 0 Å². The number of nitrogens with zero attached hydrogens (tertiary/aromatic N) is 1. The van der Waals surface area contributed by atoms with Gasteiger partial charge in [-0.05, 0) is 25.0 Å². The molecule has 106 valence electrons. The number of rotatable bonds is 5. The fourth-order valence-corrected chi connectivity index (χ4v) is 3.29. The summed E-state index contributed by atoms with van der Waals surface area (Å²) < 4.78 is 0. The van der Waals surface area contributed by atoms with Gasteiger partial charge in [-0.1, -0.05) is 18.6 Å². The summed E-state index contributed by atoms with van der Waals surface area (Å²) in [7, 11) is 0. The molecular weight excluding hydrogens is 272 g/mol. The molecule has 4 nitrogen and oxygen atoms in total. The monoisotopic (exact) mass is 290 g/mol. The number of thioether (sulfide) groups is 1. The number of carbonyl (C=O) groups excluding carboxylic acids is 1. The second-order valence-electron chi connectivity index (χ2n) is 4.90. The van der Waals surface area contributed by atoms with Gasteiger partial charge in [0.05, 0.1) is 17.4 Å². The first-order chi connectivity index (χ1) is 9.76. The number of aliphatic hydroxyl groups excluding tert-OH is 1. The number of nitriles is 1. The van der Waals surface area contributed by atoms with Gasteiger partial charge in [-0.25, -0.2) is 0 Å². The summed E-state index contributed by atoms with van der Waals surface area (Å²) >= 11 is 1.37.